The lowest BCUT2D eigenvalue weighted by Crippen LogP contribution is -2.49. The molecule has 1 aliphatic heterocycles. The van der Waals surface area contributed by atoms with Gasteiger partial charge in [0.05, 0.1) is 11.2 Å². The van der Waals surface area contributed by atoms with Crippen molar-refractivity contribution in [2.75, 3.05) is 0 Å². The predicted molar refractivity (Wildman–Crippen MR) is 111 cm³/mol. The van der Waals surface area contributed by atoms with Crippen molar-refractivity contribution in [3.05, 3.63) is 0 Å². The Balaban J connectivity index is 2.12. The number of ether oxygens (including phenoxy) is 3. The fraction of sp³-hybridized carbons (Fsp3) is 0.850. The van der Waals surface area contributed by atoms with Crippen LogP contribution in [0.4, 0.5) is 0 Å². The van der Waals surface area contributed by atoms with Crippen LogP contribution in [0.25, 0.3) is 0 Å². The van der Waals surface area contributed by atoms with Crippen LogP contribution in [0.3, 0.4) is 0 Å². The van der Waals surface area contributed by atoms with E-state index in [0.29, 0.717) is 12.8 Å². The molecule has 1 heterocycles. The van der Waals surface area contributed by atoms with Crippen LogP contribution in [-0.2, 0) is 28.6 Å². The van der Waals surface area contributed by atoms with Crippen LogP contribution in [0, 0.1) is 5.41 Å². The zero-order valence-corrected chi connectivity index (χ0v) is 19.7. The molecule has 2 bridgehead atoms. The molecule has 0 aromatic heterocycles. The summed E-state index contributed by atoms with van der Waals surface area (Å²) in [5.74, 6) is -1.82. The third-order valence-electron chi connectivity index (χ3n) is 5.46. The second kappa shape index (κ2) is 8.66. The van der Waals surface area contributed by atoms with E-state index in [0.717, 1.165) is 0 Å². The Morgan fingerprint density at radius 1 is 1.31 bits per heavy atom. The Morgan fingerprint density at radius 3 is 2.45 bits per heavy atom. The van der Waals surface area contributed by atoms with Gasteiger partial charge in [0.2, 0.25) is 0 Å². The van der Waals surface area contributed by atoms with Crippen LogP contribution in [0.2, 0.25) is 0 Å². The van der Waals surface area contributed by atoms with Gasteiger partial charge in [-0.25, -0.2) is 0 Å². The Kier molecular flexibility index (Phi) is 7.27. The molecule has 1 saturated carbocycles. The molecule has 2 rings (SSSR count). The number of aliphatic hydroxyl groups is 2. The first-order valence-electron chi connectivity index (χ1n) is 9.91. The summed E-state index contributed by atoms with van der Waals surface area (Å²) in [6.45, 7) is 7.94. The standard InChI is InChI=1S/C20H31IO8/c1-6-11(21)15(22)27-12-7-8-20(9-13(12)28-16(20)23)17(24)29-14(19(4,5)26)10-18(2,3)25/h11-14,25-26H,6-10H2,1-5H3. The second-order valence-electron chi connectivity index (χ2n) is 9.18. The van der Waals surface area contributed by atoms with Gasteiger partial charge < -0.3 is 24.4 Å². The molecule has 5 atom stereocenters. The molecule has 0 aromatic carbocycles. The summed E-state index contributed by atoms with van der Waals surface area (Å²) in [4.78, 5) is 37.7. The maximum atomic E-state index is 13.0. The molecule has 0 amide bonds. The third kappa shape index (κ3) is 5.61. The number of esters is 3. The monoisotopic (exact) mass is 526 g/mol. The van der Waals surface area contributed by atoms with E-state index in [9.17, 15) is 24.6 Å². The topological polar surface area (TPSA) is 119 Å². The number of rotatable bonds is 8. The van der Waals surface area contributed by atoms with E-state index in [1.165, 1.54) is 13.8 Å². The molecule has 29 heavy (non-hydrogen) atoms. The summed E-state index contributed by atoms with van der Waals surface area (Å²) < 4.78 is 16.1. The van der Waals surface area contributed by atoms with Crippen LogP contribution in [0.1, 0.15) is 66.7 Å². The van der Waals surface area contributed by atoms with Gasteiger partial charge in [-0.2, -0.15) is 0 Å². The molecule has 1 aliphatic carbocycles. The third-order valence-corrected chi connectivity index (χ3v) is 6.85. The zero-order chi connectivity index (χ0) is 22.2. The van der Waals surface area contributed by atoms with E-state index in [-0.39, 0.29) is 29.2 Å². The predicted octanol–water partition coefficient (Wildman–Crippen LogP) is 2.05. The molecule has 9 heteroatoms. The van der Waals surface area contributed by atoms with Crippen molar-refractivity contribution in [2.24, 2.45) is 5.41 Å². The summed E-state index contributed by atoms with van der Waals surface area (Å²) in [6, 6.07) is 0. The molecule has 0 spiro atoms. The van der Waals surface area contributed by atoms with Crippen molar-refractivity contribution in [3.8, 4) is 0 Å². The first-order chi connectivity index (χ1) is 13.2. The largest absolute Gasteiger partial charge is 0.458 e. The minimum atomic E-state index is -1.47. The fourth-order valence-electron chi connectivity index (χ4n) is 3.63. The molecule has 1 saturated heterocycles. The van der Waals surface area contributed by atoms with Crippen molar-refractivity contribution in [1.82, 2.24) is 0 Å². The van der Waals surface area contributed by atoms with Crippen LogP contribution >= 0.6 is 22.6 Å². The molecule has 2 N–H and O–H groups in total. The smallest absolute Gasteiger partial charge is 0.324 e. The number of hydrogen-bond acceptors (Lipinski definition) is 8. The summed E-state index contributed by atoms with van der Waals surface area (Å²) in [6.07, 6.45) is -1.13. The fourth-order valence-corrected chi connectivity index (χ4v) is 3.78. The summed E-state index contributed by atoms with van der Waals surface area (Å²) >= 11 is 2.01. The summed E-state index contributed by atoms with van der Waals surface area (Å²) in [7, 11) is 0. The van der Waals surface area contributed by atoms with Gasteiger partial charge in [0.25, 0.3) is 0 Å². The van der Waals surface area contributed by atoms with E-state index in [1.807, 2.05) is 29.5 Å². The van der Waals surface area contributed by atoms with E-state index >= 15 is 0 Å². The molecule has 0 aromatic rings. The maximum Gasteiger partial charge on any atom is 0.324 e. The first-order valence-corrected chi connectivity index (χ1v) is 11.2. The molecule has 2 aliphatic rings. The van der Waals surface area contributed by atoms with E-state index in [2.05, 4.69) is 0 Å². The number of fused-ring (bicyclic) bond motifs is 2. The highest BCUT2D eigenvalue weighted by Gasteiger charge is 2.62. The highest BCUT2D eigenvalue weighted by molar-refractivity contribution is 14.1. The van der Waals surface area contributed by atoms with Gasteiger partial charge in [-0.15, -0.1) is 0 Å². The zero-order valence-electron chi connectivity index (χ0n) is 17.6. The van der Waals surface area contributed by atoms with Crippen LogP contribution in [0.15, 0.2) is 0 Å². The highest BCUT2D eigenvalue weighted by atomic mass is 127. The lowest BCUT2D eigenvalue weighted by molar-refractivity contribution is -0.183. The Morgan fingerprint density at radius 2 is 1.93 bits per heavy atom. The van der Waals surface area contributed by atoms with Crippen LogP contribution < -0.4 is 0 Å². The first kappa shape index (κ1) is 24.3. The Labute approximate surface area is 184 Å². The molecule has 166 valence electrons. The number of carbonyl (C=O) groups excluding carboxylic acids is 3. The average Bonchev–Trinajstić information content (AvgIpc) is 2.86. The van der Waals surface area contributed by atoms with Crippen molar-refractivity contribution >= 4 is 40.5 Å². The normalized spacial score (nSPS) is 29.0. The van der Waals surface area contributed by atoms with Crippen molar-refractivity contribution in [3.63, 3.8) is 0 Å². The number of hydrogen-bond donors (Lipinski definition) is 2. The van der Waals surface area contributed by atoms with Crippen molar-refractivity contribution < 1.29 is 38.8 Å². The van der Waals surface area contributed by atoms with E-state index in [4.69, 9.17) is 14.2 Å². The quantitative estimate of drug-likeness (QED) is 0.162. The molecule has 2 fully saturated rings. The van der Waals surface area contributed by atoms with Gasteiger partial charge in [0.15, 0.2) is 5.41 Å². The average molecular weight is 526 g/mol. The molecule has 5 unspecified atom stereocenters. The highest BCUT2D eigenvalue weighted by Crippen LogP contribution is 2.47. The minimum absolute atomic E-state index is 0.00506. The molecular formula is C20H31IO8. The van der Waals surface area contributed by atoms with E-state index in [1.54, 1.807) is 13.8 Å². The maximum absolute atomic E-state index is 13.0. The SMILES string of the molecule is CCC(I)C(=O)OC1CCC2(C(=O)OC(CC(C)(C)O)C(C)(C)O)CC1OC2=O. The van der Waals surface area contributed by atoms with Crippen LogP contribution in [0.5, 0.6) is 0 Å². The lowest BCUT2D eigenvalue weighted by atomic mass is 9.74. The summed E-state index contributed by atoms with van der Waals surface area (Å²) in [5, 5.41) is 20.5. The Hall–Kier alpha value is -0.940. The molecular weight excluding hydrogens is 495 g/mol. The molecule has 8 nitrogen and oxygen atoms in total. The van der Waals surface area contributed by atoms with Gasteiger partial charge in [-0.3, -0.25) is 14.4 Å². The van der Waals surface area contributed by atoms with Gasteiger partial charge in [-0.1, -0.05) is 29.5 Å². The summed E-state index contributed by atoms with van der Waals surface area (Å²) in [5.41, 5.74) is -4.05. The number of alkyl halides is 1. The van der Waals surface area contributed by atoms with E-state index < -0.39 is 46.9 Å². The van der Waals surface area contributed by atoms with Gasteiger partial charge >= 0.3 is 17.9 Å². The van der Waals surface area contributed by atoms with Crippen molar-refractivity contribution in [2.45, 2.75) is 100 Å². The van der Waals surface area contributed by atoms with Gasteiger partial charge in [0, 0.05) is 12.8 Å². The lowest BCUT2D eigenvalue weighted by Gasteiger charge is -2.36. The van der Waals surface area contributed by atoms with Crippen molar-refractivity contribution in [1.29, 1.82) is 0 Å². The number of halogens is 1. The van der Waals surface area contributed by atoms with Crippen LogP contribution in [-0.4, -0.2) is 61.6 Å². The second-order valence-corrected chi connectivity index (χ2v) is 10.7. The number of carbonyl (C=O) groups is 3. The Bertz CT molecular complexity index is 650. The minimum Gasteiger partial charge on any atom is -0.458 e. The molecule has 0 radical (unpaired) electrons. The van der Waals surface area contributed by atoms with Gasteiger partial charge in [-0.05, 0) is 47.0 Å². The van der Waals surface area contributed by atoms with Gasteiger partial charge in [0.1, 0.15) is 22.2 Å².